The fourth-order valence-electron chi connectivity index (χ4n) is 2.19. The number of aromatic nitrogens is 3. The van der Waals surface area contributed by atoms with Crippen LogP contribution in [0.15, 0.2) is 54.9 Å². The number of hydrogen-bond acceptors (Lipinski definition) is 3. The van der Waals surface area contributed by atoms with Crippen molar-refractivity contribution >= 4 is 17.5 Å². The Labute approximate surface area is 132 Å². The molecule has 3 aromatic rings. The first-order valence-electron chi connectivity index (χ1n) is 6.67. The summed E-state index contributed by atoms with van der Waals surface area (Å²) in [5.74, 6) is -0.524. The van der Waals surface area contributed by atoms with Crippen molar-refractivity contribution in [2.24, 2.45) is 5.73 Å². The van der Waals surface area contributed by atoms with Crippen LogP contribution in [-0.4, -0.2) is 20.7 Å². The van der Waals surface area contributed by atoms with E-state index in [9.17, 15) is 4.79 Å². The zero-order chi connectivity index (χ0) is 15.5. The van der Waals surface area contributed by atoms with Gasteiger partial charge in [0.1, 0.15) is 11.4 Å². The largest absolute Gasteiger partial charge is 0.366 e. The maximum atomic E-state index is 11.5. The van der Waals surface area contributed by atoms with Gasteiger partial charge in [-0.2, -0.15) is 5.10 Å². The smallest absolute Gasteiger partial charge is 0.250 e. The Balaban J connectivity index is 1.92. The SMILES string of the molecule is NC(=O)c1cccnc1-c1ccn(Cc2ccccc2Cl)n1. The van der Waals surface area contributed by atoms with E-state index in [0.29, 0.717) is 28.5 Å². The van der Waals surface area contributed by atoms with E-state index in [4.69, 9.17) is 17.3 Å². The van der Waals surface area contributed by atoms with E-state index in [2.05, 4.69) is 10.1 Å². The zero-order valence-electron chi connectivity index (χ0n) is 11.6. The molecule has 0 atom stereocenters. The van der Waals surface area contributed by atoms with Crippen LogP contribution in [0.5, 0.6) is 0 Å². The summed E-state index contributed by atoms with van der Waals surface area (Å²) in [4.78, 5) is 15.7. The lowest BCUT2D eigenvalue weighted by Gasteiger charge is -2.05. The highest BCUT2D eigenvalue weighted by Crippen LogP contribution is 2.20. The van der Waals surface area contributed by atoms with E-state index < -0.39 is 5.91 Å². The van der Waals surface area contributed by atoms with E-state index in [0.717, 1.165) is 5.56 Å². The molecule has 2 aromatic heterocycles. The van der Waals surface area contributed by atoms with Crippen LogP contribution in [0.2, 0.25) is 5.02 Å². The fourth-order valence-corrected chi connectivity index (χ4v) is 2.38. The van der Waals surface area contributed by atoms with Gasteiger partial charge in [-0.05, 0) is 29.8 Å². The molecule has 6 heteroatoms. The molecule has 3 rings (SSSR count). The van der Waals surface area contributed by atoms with Crippen molar-refractivity contribution in [1.29, 1.82) is 0 Å². The van der Waals surface area contributed by atoms with Crippen molar-refractivity contribution in [1.82, 2.24) is 14.8 Å². The van der Waals surface area contributed by atoms with E-state index in [1.807, 2.05) is 30.5 Å². The molecule has 0 radical (unpaired) electrons. The van der Waals surface area contributed by atoms with Crippen molar-refractivity contribution in [3.05, 3.63) is 71.0 Å². The standard InChI is InChI=1S/C16H13ClN4O/c17-13-6-2-1-4-11(13)10-21-9-7-14(20-21)15-12(16(18)22)5-3-8-19-15/h1-9H,10H2,(H2,18,22). The van der Waals surface area contributed by atoms with Crippen LogP contribution in [0.3, 0.4) is 0 Å². The number of carbonyl (C=O) groups is 1. The molecule has 0 aliphatic heterocycles. The molecule has 1 aromatic carbocycles. The lowest BCUT2D eigenvalue weighted by molar-refractivity contribution is 0.100. The van der Waals surface area contributed by atoms with Gasteiger partial charge in [-0.15, -0.1) is 0 Å². The first-order valence-corrected chi connectivity index (χ1v) is 7.05. The van der Waals surface area contributed by atoms with Gasteiger partial charge in [-0.25, -0.2) is 0 Å². The molecule has 0 fully saturated rings. The molecule has 2 heterocycles. The molecule has 0 aliphatic carbocycles. The number of primary amides is 1. The summed E-state index contributed by atoms with van der Waals surface area (Å²) < 4.78 is 1.75. The Hall–Kier alpha value is -2.66. The first-order chi connectivity index (χ1) is 10.6. The van der Waals surface area contributed by atoms with Gasteiger partial charge in [0.15, 0.2) is 0 Å². The third kappa shape index (κ3) is 2.84. The van der Waals surface area contributed by atoms with E-state index in [-0.39, 0.29) is 0 Å². The number of amides is 1. The monoisotopic (exact) mass is 312 g/mol. The van der Waals surface area contributed by atoms with Gasteiger partial charge < -0.3 is 5.73 Å². The number of pyridine rings is 1. The minimum Gasteiger partial charge on any atom is -0.366 e. The van der Waals surface area contributed by atoms with Gasteiger partial charge in [0.05, 0.1) is 12.1 Å². The van der Waals surface area contributed by atoms with Crippen molar-refractivity contribution in [3.8, 4) is 11.4 Å². The minimum absolute atomic E-state index is 0.352. The molecule has 22 heavy (non-hydrogen) atoms. The lowest BCUT2D eigenvalue weighted by Crippen LogP contribution is -2.13. The first kappa shape index (κ1) is 14.3. The van der Waals surface area contributed by atoms with Crippen molar-refractivity contribution < 1.29 is 4.79 Å². The molecular weight excluding hydrogens is 300 g/mol. The Kier molecular flexibility index (Phi) is 3.89. The summed E-state index contributed by atoms with van der Waals surface area (Å²) in [5, 5.41) is 5.14. The maximum Gasteiger partial charge on any atom is 0.250 e. The number of nitrogens with zero attached hydrogens (tertiary/aromatic N) is 3. The van der Waals surface area contributed by atoms with Gasteiger partial charge in [0.25, 0.3) is 5.91 Å². The second kappa shape index (κ2) is 5.99. The lowest BCUT2D eigenvalue weighted by atomic mass is 10.1. The van der Waals surface area contributed by atoms with Gasteiger partial charge in [-0.1, -0.05) is 29.8 Å². The van der Waals surface area contributed by atoms with Crippen LogP contribution in [0.25, 0.3) is 11.4 Å². The number of hydrogen-bond donors (Lipinski definition) is 1. The number of benzene rings is 1. The molecular formula is C16H13ClN4O. The minimum atomic E-state index is -0.524. The van der Waals surface area contributed by atoms with Crippen molar-refractivity contribution in [3.63, 3.8) is 0 Å². The van der Waals surface area contributed by atoms with Crippen molar-refractivity contribution in [2.45, 2.75) is 6.54 Å². The topological polar surface area (TPSA) is 73.8 Å². The Morgan fingerprint density at radius 1 is 1.18 bits per heavy atom. The highest BCUT2D eigenvalue weighted by molar-refractivity contribution is 6.31. The van der Waals surface area contributed by atoms with Gasteiger partial charge in [0.2, 0.25) is 0 Å². The predicted molar refractivity (Wildman–Crippen MR) is 84.5 cm³/mol. The summed E-state index contributed by atoms with van der Waals surface area (Å²) in [5.41, 5.74) is 7.77. The molecule has 0 bridgehead atoms. The van der Waals surface area contributed by atoms with Crippen LogP contribution in [-0.2, 0) is 6.54 Å². The number of halogens is 1. The summed E-state index contributed by atoms with van der Waals surface area (Å²) in [6, 6.07) is 12.7. The molecule has 0 aliphatic rings. The van der Waals surface area contributed by atoms with Crippen LogP contribution in [0.1, 0.15) is 15.9 Å². The Morgan fingerprint density at radius 3 is 2.77 bits per heavy atom. The van der Waals surface area contributed by atoms with Crippen LogP contribution in [0.4, 0.5) is 0 Å². The summed E-state index contributed by atoms with van der Waals surface area (Å²) in [6.45, 7) is 0.540. The molecule has 0 unspecified atom stereocenters. The zero-order valence-corrected chi connectivity index (χ0v) is 12.4. The average molecular weight is 313 g/mol. The number of nitrogens with two attached hydrogens (primary N) is 1. The van der Waals surface area contributed by atoms with Crippen LogP contribution in [0, 0.1) is 0 Å². The highest BCUT2D eigenvalue weighted by atomic mass is 35.5. The normalized spacial score (nSPS) is 10.6. The van der Waals surface area contributed by atoms with E-state index in [1.165, 1.54) is 0 Å². The molecule has 2 N–H and O–H groups in total. The molecule has 5 nitrogen and oxygen atoms in total. The van der Waals surface area contributed by atoms with Gasteiger partial charge >= 0.3 is 0 Å². The number of rotatable bonds is 4. The summed E-state index contributed by atoms with van der Waals surface area (Å²) >= 11 is 6.15. The maximum absolute atomic E-state index is 11.5. The van der Waals surface area contributed by atoms with Gasteiger partial charge in [-0.3, -0.25) is 14.5 Å². The quantitative estimate of drug-likeness (QED) is 0.805. The van der Waals surface area contributed by atoms with Crippen molar-refractivity contribution in [2.75, 3.05) is 0 Å². The third-order valence-electron chi connectivity index (χ3n) is 3.25. The van der Waals surface area contributed by atoms with Gasteiger partial charge in [0, 0.05) is 17.4 Å². The molecule has 1 amide bonds. The van der Waals surface area contributed by atoms with E-state index >= 15 is 0 Å². The number of carbonyl (C=O) groups excluding carboxylic acids is 1. The predicted octanol–water partition coefficient (Wildman–Crippen LogP) is 2.75. The second-order valence-corrected chi connectivity index (χ2v) is 5.16. The summed E-state index contributed by atoms with van der Waals surface area (Å²) in [6.07, 6.45) is 3.42. The van der Waals surface area contributed by atoms with Crippen LogP contribution >= 0.6 is 11.6 Å². The van der Waals surface area contributed by atoms with E-state index in [1.54, 1.807) is 29.1 Å². The molecule has 0 saturated carbocycles. The Morgan fingerprint density at radius 2 is 2.00 bits per heavy atom. The van der Waals surface area contributed by atoms with Crippen LogP contribution < -0.4 is 5.73 Å². The third-order valence-corrected chi connectivity index (χ3v) is 3.62. The second-order valence-electron chi connectivity index (χ2n) is 4.75. The average Bonchev–Trinajstić information content (AvgIpc) is 2.98. The molecule has 0 saturated heterocycles. The summed E-state index contributed by atoms with van der Waals surface area (Å²) in [7, 11) is 0. The highest BCUT2D eigenvalue weighted by Gasteiger charge is 2.13. The molecule has 0 spiro atoms. The molecule has 110 valence electrons. The Bertz CT molecular complexity index is 828. The fraction of sp³-hybridized carbons (Fsp3) is 0.0625.